The number of benzene rings is 3. The normalized spacial score (nSPS) is 10.7. The topological polar surface area (TPSA) is 129 Å². The molecule has 3 aromatic carbocycles. The zero-order valence-corrected chi connectivity index (χ0v) is 17.5. The summed E-state index contributed by atoms with van der Waals surface area (Å²) >= 11 is 6.16. The van der Waals surface area contributed by atoms with Crippen LogP contribution < -0.4 is 14.9 Å². The summed E-state index contributed by atoms with van der Waals surface area (Å²) in [5, 5.41) is 26.6. The van der Waals surface area contributed by atoms with Gasteiger partial charge in [0.05, 0.1) is 29.2 Å². The maximum absolute atomic E-state index is 11.2. The molecule has 0 radical (unpaired) electrons. The third kappa shape index (κ3) is 5.49. The van der Waals surface area contributed by atoms with Crippen LogP contribution in [0.5, 0.6) is 11.5 Å². The van der Waals surface area contributed by atoms with E-state index in [1.54, 1.807) is 24.3 Å². The Morgan fingerprint density at radius 1 is 1.03 bits per heavy atom. The Bertz CT molecular complexity index is 1180. The van der Waals surface area contributed by atoms with E-state index in [0.29, 0.717) is 22.1 Å². The number of anilines is 1. The molecule has 0 aliphatic carbocycles. The van der Waals surface area contributed by atoms with Gasteiger partial charge in [-0.2, -0.15) is 5.10 Å². The Balaban J connectivity index is 1.76. The van der Waals surface area contributed by atoms with E-state index in [1.165, 1.54) is 19.4 Å². The summed E-state index contributed by atoms with van der Waals surface area (Å²) < 4.78 is 11.2. The molecule has 1 N–H and O–H groups in total. The van der Waals surface area contributed by atoms with Crippen LogP contribution in [0.2, 0.25) is 5.02 Å². The van der Waals surface area contributed by atoms with Crippen molar-refractivity contribution in [3.8, 4) is 11.5 Å². The molecule has 3 aromatic rings. The minimum Gasteiger partial charge on any atom is -0.493 e. The molecule has 0 atom stereocenters. The molecule has 32 heavy (non-hydrogen) atoms. The molecule has 0 aliphatic heterocycles. The summed E-state index contributed by atoms with van der Waals surface area (Å²) in [6.45, 7) is 0.226. The summed E-state index contributed by atoms with van der Waals surface area (Å²) in [5.74, 6) is 0.964. The largest absolute Gasteiger partial charge is 0.493 e. The minimum absolute atomic E-state index is 0.0144. The van der Waals surface area contributed by atoms with Crippen LogP contribution in [-0.2, 0) is 6.61 Å². The number of ether oxygens (including phenoxy) is 2. The lowest BCUT2D eigenvalue weighted by Gasteiger charge is -2.12. The van der Waals surface area contributed by atoms with E-state index in [4.69, 9.17) is 21.1 Å². The number of nitrogens with zero attached hydrogens (tertiary/aromatic N) is 3. The fourth-order valence-corrected chi connectivity index (χ4v) is 2.90. The Hall–Kier alpha value is -4.18. The van der Waals surface area contributed by atoms with Crippen molar-refractivity contribution in [2.24, 2.45) is 5.10 Å². The van der Waals surface area contributed by atoms with Crippen LogP contribution in [0.15, 0.2) is 65.8 Å². The molecular weight excluding hydrogens is 440 g/mol. The third-order valence-electron chi connectivity index (χ3n) is 4.32. The molecule has 0 amide bonds. The average molecular weight is 457 g/mol. The quantitative estimate of drug-likeness (QED) is 0.266. The standard InChI is InChI=1S/C21H17ClN4O6/c1-31-20-9-6-14(10-21(20)32-13-15-4-2-3-5-17(15)22)12-23-24-18-8-7-16(25(27)28)11-19(18)26(29)30/h2-12,24H,13H2,1H3/b23-12-. The van der Waals surface area contributed by atoms with Crippen LogP contribution in [0.1, 0.15) is 11.1 Å². The number of halogens is 1. The van der Waals surface area contributed by atoms with Crippen LogP contribution >= 0.6 is 11.6 Å². The van der Waals surface area contributed by atoms with Gasteiger partial charge < -0.3 is 9.47 Å². The molecule has 0 fully saturated rings. The van der Waals surface area contributed by atoms with E-state index in [9.17, 15) is 20.2 Å². The SMILES string of the molecule is COc1ccc(/C=N\Nc2ccc([N+](=O)[O-])cc2[N+](=O)[O-])cc1OCc1ccccc1Cl. The Morgan fingerprint density at radius 3 is 2.50 bits per heavy atom. The Labute approximate surface area is 187 Å². The van der Waals surface area contributed by atoms with Crippen molar-refractivity contribution in [1.82, 2.24) is 0 Å². The Morgan fingerprint density at radius 2 is 1.81 bits per heavy atom. The predicted octanol–water partition coefficient (Wildman–Crippen LogP) is 5.19. The molecule has 10 nitrogen and oxygen atoms in total. The van der Waals surface area contributed by atoms with E-state index in [1.807, 2.05) is 18.2 Å². The summed E-state index contributed by atoms with van der Waals surface area (Å²) in [6, 6.07) is 15.6. The first-order valence-electron chi connectivity index (χ1n) is 9.15. The van der Waals surface area contributed by atoms with Gasteiger partial charge in [-0.05, 0) is 35.9 Å². The maximum Gasteiger partial charge on any atom is 0.301 e. The van der Waals surface area contributed by atoms with Gasteiger partial charge in [-0.3, -0.25) is 25.7 Å². The van der Waals surface area contributed by atoms with E-state index in [-0.39, 0.29) is 18.0 Å². The average Bonchev–Trinajstić information content (AvgIpc) is 2.78. The van der Waals surface area contributed by atoms with E-state index < -0.39 is 15.5 Å². The Kier molecular flexibility index (Phi) is 7.19. The molecule has 0 spiro atoms. The minimum atomic E-state index is -0.723. The van der Waals surface area contributed by atoms with E-state index >= 15 is 0 Å². The number of hydrogen-bond acceptors (Lipinski definition) is 8. The molecule has 0 heterocycles. The van der Waals surface area contributed by atoms with Crippen molar-refractivity contribution in [2.75, 3.05) is 12.5 Å². The first-order chi connectivity index (χ1) is 15.4. The number of nitro benzene ring substituents is 2. The highest BCUT2D eigenvalue weighted by molar-refractivity contribution is 6.31. The van der Waals surface area contributed by atoms with Gasteiger partial charge in [0.2, 0.25) is 0 Å². The van der Waals surface area contributed by atoms with Crippen molar-refractivity contribution in [2.45, 2.75) is 6.61 Å². The highest BCUT2D eigenvalue weighted by Crippen LogP contribution is 2.30. The second kappa shape index (κ2) is 10.2. The number of nitro groups is 2. The van der Waals surface area contributed by atoms with Gasteiger partial charge in [0.25, 0.3) is 5.69 Å². The van der Waals surface area contributed by atoms with Crippen LogP contribution in [0.3, 0.4) is 0 Å². The molecular formula is C21H17ClN4O6. The van der Waals surface area contributed by atoms with Crippen LogP contribution in [0, 0.1) is 20.2 Å². The molecule has 0 aromatic heterocycles. The van der Waals surface area contributed by atoms with Crippen molar-refractivity contribution in [3.63, 3.8) is 0 Å². The molecule has 0 unspecified atom stereocenters. The molecule has 0 aliphatic rings. The molecule has 0 saturated carbocycles. The van der Waals surface area contributed by atoms with Crippen molar-refractivity contribution in [3.05, 3.63) is 97.0 Å². The summed E-state index contributed by atoms with van der Waals surface area (Å²) in [7, 11) is 1.51. The lowest BCUT2D eigenvalue weighted by molar-refractivity contribution is -0.393. The highest BCUT2D eigenvalue weighted by atomic mass is 35.5. The maximum atomic E-state index is 11.2. The fourth-order valence-electron chi connectivity index (χ4n) is 2.71. The first kappa shape index (κ1) is 22.5. The van der Waals surface area contributed by atoms with Gasteiger partial charge in [-0.15, -0.1) is 0 Å². The number of rotatable bonds is 9. The van der Waals surface area contributed by atoms with Crippen LogP contribution in [0.25, 0.3) is 0 Å². The number of non-ortho nitro benzene ring substituents is 1. The molecule has 0 saturated heterocycles. The van der Waals surface area contributed by atoms with Gasteiger partial charge in [0.1, 0.15) is 12.3 Å². The highest BCUT2D eigenvalue weighted by Gasteiger charge is 2.19. The number of hydrogen-bond donors (Lipinski definition) is 1. The second-order valence-electron chi connectivity index (χ2n) is 6.38. The number of hydrazone groups is 1. The summed E-state index contributed by atoms with van der Waals surface area (Å²) in [5.41, 5.74) is 3.13. The molecule has 164 valence electrons. The van der Waals surface area contributed by atoms with Crippen LogP contribution in [0.4, 0.5) is 17.1 Å². The predicted molar refractivity (Wildman–Crippen MR) is 120 cm³/mol. The fraction of sp³-hybridized carbons (Fsp3) is 0.0952. The summed E-state index contributed by atoms with van der Waals surface area (Å²) in [6.07, 6.45) is 1.42. The lowest BCUT2D eigenvalue weighted by Crippen LogP contribution is -2.00. The van der Waals surface area contributed by atoms with Gasteiger partial charge >= 0.3 is 5.69 Å². The summed E-state index contributed by atoms with van der Waals surface area (Å²) in [4.78, 5) is 20.6. The smallest absolute Gasteiger partial charge is 0.301 e. The zero-order chi connectivity index (χ0) is 23.1. The van der Waals surface area contributed by atoms with Gasteiger partial charge in [-0.1, -0.05) is 29.8 Å². The second-order valence-corrected chi connectivity index (χ2v) is 6.78. The molecule has 3 rings (SSSR count). The monoisotopic (exact) mass is 456 g/mol. The van der Waals surface area contributed by atoms with E-state index in [2.05, 4.69) is 10.5 Å². The van der Waals surface area contributed by atoms with Gasteiger partial charge in [0, 0.05) is 16.7 Å². The van der Waals surface area contributed by atoms with Gasteiger partial charge in [-0.25, -0.2) is 0 Å². The van der Waals surface area contributed by atoms with Crippen molar-refractivity contribution >= 4 is 34.9 Å². The number of nitrogens with one attached hydrogen (secondary N) is 1. The third-order valence-corrected chi connectivity index (χ3v) is 4.68. The van der Waals surface area contributed by atoms with Crippen LogP contribution in [-0.4, -0.2) is 23.2 Å². The molecule has 0 bridgehead atoms. The van der Waals surface area contributed by atoms with Crippen molar-refractivity contribution < 1.29 is 19.3 Å². The lowest BCUT2D eigenvalue weighted by atomic mass is 10.2. The van der Waals surface area contributed by atoms with Gasteiger partial charge in [0.15, 0.2) is 11.5 Å². The first-order valence-corrected chi connectivity index (χ1v) is 9.53. The van der Waals surface area contributed by atoms with E-state index in [0.717, 1.165) is 17.7 Å². The zero-order valence-electron chi connectivity index (χ0n) is 16.7. The molecule has 11 heteroatoms. The van der Waals surface area contributed by atoms with Crippen molar-refractivity contribution in [1.29, 1.82) is 0 Å². The number of methoxy groups -OCH3 is 1.